The van der Waals surface area contributed by atoms with Crippen molar-refractivity contribution in [2.75, 3.05) is 20.1 Å². The van der Waals surface area contributed by atoms with Gasteiger partial charge in [-0.3, -0.25) is 9.59 Å². The second kappa shape index (κ2) is 6.52. The van der Waals surface area contributed by atoms with Crippen LogP contribution in [-0.4, -0.2) is 42.9 Å². The van der Waals surface area contributed by atoms with E-state index in [4.69, 9.17) is 0 Å². The monoisotopic (exact) mass is 275 g/mol. The van der Waals surface area contributed by atoms with Gasteiger partial charge in [-0.05, 0) is 24.5 Å². The number of likely N-dealkylation sites (N-methyl/N-ethyl adjacent to an activating group) is 1. The minimum atomic E-state index is -0.260. The van der Waals surface area contributed by atoms with Crippen molar-refractivity contribution in [2.24, 2.45) is 0 Å². The lowest BCUT2D eigenvalue weighted by Crippen LogP contribution is -2.49. The smallest absolute Gasteiger partial charge is 0.241 e. The number of carbonyl (C=O) groups is 2. The first kappa shape index (κ1) is 14.5. The molecule has 0 saturated heterocycles. The molecule has 1 aromatic carbocycles. The molecule has 1 aliphatic heterocycles. The molecule has 1 aliphatic rings. The summed E-state index contributed by atoms with van der Waals surface area (Å²) < 4.78 is 0. The largest absolute Gasteiger partial charge is 0.346 e. The van der Waals surface area contributed by atoms with E-state index in [-0.39, 0.29) is 24.4 Å². The highest BCUT2D eigenvalue weighted by Crippen LogP contribution is 2.16. The molecule has 2 N–H and O–H groups in total. The summed E-state index contributed by atoms with van der Waals surface area (Å²) in [6.45, 7) is 3.29. The van der Waals surface area contributed by atoms with Crippen molar-refractivity contribution >= 4 is 11.8 Å². The van der Waals surface area contributed by atoms with Crippen molar-refractivity contribution in [3.05, 3.63) is 35.4 Å². The first-order valence-electron chi connectivity index (χ1n) is 6.93. The van der Waals surface area contributed by atoms with Crippen LogP contribution >= 0.6 is 0 Å². The van der Waals surface area contributed by atoms with Crippen LogP contribution in [-0.2, 0) is 22.6 Å². The summed E-state index contributed by atoms with van der Waals surface area (Å²) in [6, 6.07) is 7.84. The number of fused-ring (bicyclic) bond motifs is 1. The molecule has 0 radical (unpaired) electrons. The van der Waals surface area contributed by atoms with Gasteiger partial charge in [0.15, 0.2) is 0 Å². The van der Waals surface area contributed by atoms with Gasteiger partial charge in [-0.2, -0.15) is 0 Å². The Morgan fingerprint density at radius 3 is 2.75 bits per heavy atom. The van der Waals surface area contributed by atoms with E-state index < -0.39 is 0 Å². The summed E-state index contributed by atoms with van der Waals surface area (Å²) >= 11 is 0. The highest BCUT2D eigenvalue weighted by atomic mass is 16.2. The molecule has 1 unspecified atom stereocenters. The van der Waals surface area contributed by atoms with Gasteiger partial charge >= 0.3 is 0 Å². The topological polar surface area (TPSA) is 61.4 Å². The van der Waals surface area contributed by atoms with Crippen molar-refractivity contribution in [3.8, 4) is 0 Å². The zero-order chi connectivity index (χ0) is 14.5. The summed E-state index contributed by atoms with van der Waals surface area (Å²) in [5.74, 6) is -0.186. The Balaban J connectivity index is 1.87. The van der Waals surface area contributed by atoms with Gasteiger partial charge in [0.2, 0.25) is 11.8 Å². The fourth-order valence-corrected chi connectivity index (χ4v) is 2.24. The molecule has 0 fully saturated rings. The van der Waals surface area contributed by atoms with Gasteiger partial charge in [-0.25, -0.2) is 0 Å². The van der Waals surface area contributed by atoms with Crippen molar-refractivity contribution in [1.29, 1.82) is 0 Å². The third-order valence-electron chi connectivity index (χ3n) is 3.71. The van der Waals surface area contributed by atoms with Gasteiger partial charge in [-0.15, -0.1) is 0 Å². The molecule has 1 aromatic rings. The number of carbonyl (C=O) groups excluding carboxylic acids is 2. The molecule has 2 rings (SSSR count). The number of rotatable bonds is 4. The second-order valence-corrected chi connectivity index (χ2v) is 5.03. The molecular formula is C15H21N3O2. The number of hydrogen-bond acceptors (Lipinski definition) is 3. The van der Waals surface area contributed by atoms with Crippen LogP contribution in [0, 0.1) is 0 Å². The summed E-state index contributed by atoms with van der Waals surface area (Å²) in [6.07, 6.45) is 0.666. The number of benzene rings is 1. The van der Waals surface area contributed by atoms with E-state index in [1.54, 1.807) is 11.9 Å². The van der Waals surface area contributed by atoms with E-state index in [1.165, 1.54) is 11.1 Å². The first-order valence-corrected chi connectivity index (χ1v) is 6.93. The molecule has 5 nitrogen and oxygen atoms in total. The van der Waals surface area contributed by atoms with Crippen LogP contribution in [0.4, 0.5) is 0 Å². The zero-order valence-electron chi connectivity index (χ0n) is 12.0. The van der Waals surface area contributed by atoms with Gasteiger partial charge in [0.05, 0.1) is 12.6 Å². The highest BCUT2D eigenvalue weighted by molar-refractivity contribution is 5.87. The molecule has 0 bridgehead atoms. The molecule has 5 heteroatoms. The highest BCUT2D eigenvalue weighted by Gasteiger charge is 2.24. The van der Waals surface area contributed by atoms with Crippen LogP contribution in [0.1, 0.15) is 18.1 Å². The van der Waals surface area contributed by atoms with Crippen LogP contribution in [0.5, 0.6) is 0 Å². The average Bonchev–Trinajstić information content (AvgIpc) is 2.50. The Morgan fingerprint density at radius 2 is 2.05 bits per heavy atom. The van der Waals surface area contributed by atoms with Crippen molar-refractivity contribution in [1.82, 2.24) is 15.5 Å². The fourth-order valence-electron chi connectivity index (χ4n) is 2.24. The second-order valence-electron chi connectivity index (χ2n) is 5.03. The summed E-state index contributed by atoms with van der Waals surface area (Å²) in [5, 5.41) is 5.91. The fraction of sp³-hybridized carbons (Fsp3) is 0.467. The van der Waals surface area contributed by atoms with Gasteiger partial charge < -0.3 is 15.5 Å². The third-order valence-corrected chi connectivity index (χ3v) is 3.71. The number of amides is 2. The van der Waals surface area contributed by atoms with Gasteiger partial charge in [-0.1, -0.05) is 24.3 Å². The Morgan fingerprint density at radius 1 is 1.35 bits per heavy atom. The molecule has 0 saturated carbocycles. The van der Waals surface area contributed by atoms with E-state index in [0.29, 0.717) is 19.5 Å². The van der Waals surface area contributed by atoms with E-state index in [9.17, 15) is 9.59 Å². The van der Waals surface area contributed by atoms with Crippen molar-refractivity contribution < 1.29 is 9.59 Å². The van der Waals surface area contributed by atoms with E-state index >= 15 is 0 Å². The summed E-state index contributed by atoms with van der Waals surface area (Å²) in [5.41, 5.74) is 2.43. The average molecular weight is 275 g/mol. The Hall–Kier alpha value is -1.88. The van der Waals surface area contributed by atoms with Crippen molar-refractivity contribution in [2.45, 2.75) is 25.9 Å². The maximum Gasteiger partial charge on any atom is 0.241 e. The normalized spacial score (nSPS) is 17.2. The van der Waals surface area contributed by atoms with Crippen molar-refractivity contribution in [3.63, 3.8) is 0 Å². The van der Waals surface area contributed by atoms with Crippen LogP contribution in [0.15, 0.2) is 24.3 Å². The molecule has 2 amide bonds. The maximum atomic E-state index is 12.1. The third kappa shape index (κ3) is 3.36. The SMILES string of the molecule is CCN(C)C(=O)CNC(=O)C1Cc2ccccc2CN1. The predicted molar refractivity (Wildman–Crippen MR) is 77.1 cm³/mol. The van der Waals surface area contributed by atoms with Crippen LogP contribution in [0.25, 0.3) is 0 Å². The van der Waals surface area contributed by atoms with Gasteiger partial charge in [0.1, 0.15) is 0 Å². The number of nitrogens with one attached hydrogen (secondary N) is 2. The molecule has 1 heterocycles. The lowest BCUT2D eigenvalue weighted by molar-refractivity contribution is -0.132. The standard InChI is InChI=1S/C15H21N3O2/c1-3-18(2)14(19)10-17-15(20)13-8-11-6-4-5-7-12(11)9-16-13/h4-7,13,16H,3,8-10H2,1-2H3,(H,17,20). The molecule has 0 aliphatic carbocycles. The molecule has 1 atom stereocenters. The predicted octanol–water partition coefficient (Wildman–Crippen LogP) is 0.295. The minimum Gasteiger partial charge on any atom is -0.346 e. The Kier molecular flexibility index (Phi) is 4.74. The molecule has 20 heavy (non-hydrogen) atoms. The first-order chi connectivity index (χ1) is 9.61. The summed E-state index contributed by atoms with van der Waals surface area (Å²) in [7, 11) is 1.73. The zero-order valence-corrected chi connectivity index (χ0v) is 12.0. The Bertz CT molecular complexity index is 502. The molecular weight excluding hydrogens is 254 g/mol. The number of hydrogen-bond donors (Lipinski definition) is 2. The van der Waals surface area contributed by atoms with Crippen LogP contribution in [0.2, 0.25) is 0 Å². The quantitative estimate of drug-likeness (QED) is 0.830. The van der Waals surface area contributed by atoms with E-state index in [2.05, 4.69) is 16.7 Å². The van der Waals surface area contributed by atoms with Gasteiger partial charge in [0, 0.05) is 20.1 Å². The van der Waals surface area contributed by atoms with E-state index in [0.717, 1.165) is 0 Å². The lowest BCUT2D eigenvalue weighted by Gasteiger charge is -2.25. The lowest BCUT2D eigenvalue weighted by atomic mass is 9.95. The van der Waals surface area contributed by atoms with E-state index in [1.807, 2.05) is 25.1 Å². The molecule has 108 valence electrons. The molecule has 0 aromatic heterocycles. The minimum absolute atomic E-state index is 0.0585. The number of nitrogens with zero attached hydrogens (tertiary/aromatic N) is 1. The molecule has 0 spiro atoms. The summed E-state index contributed by atoms with van der Waals surface area (Å²) in [4.78, 5) is 25.3. The van der Waals surface area contributed by atoms with Gasteiger partial charge in [0.25, 0.3) is 0 Å². The Labute approximate surface area is 119 Å². The maximum absolute atomic E-state index is 12.1. The van der Waals surface area contributed by atoms with Crippen LogP contribution in [0.3, 0.4) is 0 Å². The van der Waals surface area contributed by atoms with Crippen LogP contribution < -0.4 is 10.6 Å².